The molecule has 0 saturated carbocycles. The van der Waals surface area contributed by atoms with E-state index in [1.54, 1.807) is 19.2 Å². The van der Waals surface area contributed by atoms with Crippen molar-refractivity contribution < 1.29 is 45.8 Å². The zero-order chi connectivity index (χ0) is 31.8. The fourth-order valence-corrected chi connectivity index (χ4v) is 5.66. The van der Waals surface area contributed by atoms with Gasteiger partial charge in [0, 0.05) is 33.3 Å². The van der Waals surface area contributed by atoms with Crippen LogP contribution in [0.3, 0.4) is 0 Å². The number of halogens is 3. The highest BCUT2D eigenvalue weighted by Crippen LogP contribution is 2.27. The molecule has 1 aliphatic heterocycles. The van der Waals surface area contributed by atoms with Crippen LogP contribution >= 0.6 is 0 Å². The molecule has 1 amide bonds. The topological polar surface area (TPSA) is 164 Å². The van der Waals surface area contributed by atoms with Gasteiger partial charge in [0.1, 0.15) is 23.3 Å². The number of hydrogen-bond donors (Lipinski definition) is 3. The molecule has 16 heteroatoms. The Morgan fingerprint density at radius 2 is 1.77 bits per heavy atom. The molecule has 0 aliphatic carbocycles. The van der Waals surface area contributed by atoms with E-state index in [9.17, 15) is 31.2 Å². The Labute approximate surface area is 245 Å². The van der Waals surface area contributed by atoms with E-state index in [0.29, 0.717) is 6.61 Å². The van der Waals surface area contributed by atoms with Gasteiger partial charge in [-0.05, 0) is 41.5 Å². The van der Waals surface area contributed by atoms with Crippen LogP contribution in [0.15, 0.2) is 83.1 Å². The second kappa shape index (κ2) is 14.2. The zero-order valence-corrected chi connectivity index (χ0v) is 23.8. The maximum atomic E-state index is 13.6. The van der Waals surface area contributed by atoms with E-state index in [0.717, 1.165) is 52.0 Å². The molecule has 3 rings (SSSR count). The van der Waals surface area contributed by atoms with Gasteiger partial charge in [0.15, 0.2) is 0 Å². The van der Waals surface area contributed by atoms with Gasteiger partial charge >= 0.3 is 12.3 Å². The largest absolute Gasteiger partial charge is 0.573 e. The number of carbonyl (C=O) groups is 2. The number of aliphatic imine (C=N–C) groups is 1. The lowest BCUT2D eigenvalue weighted by atomic mass is 10.1. The first-order chi connectivity index (χ1) is 20.2. The maximum Gasteiger partial charge on any atom is 0.573 e. The number of piperazine rings is 1. The number of rotatable bonds is 12. The van der Waals surface area contributed by atoms with Crippen molar-refractivity contribution >= 4 is 27.6 Å². The summed E-state index contributed by atoms with van der Waals surface area (Å²) in [6, 6.07) is 9.48. The van der Waals surface area contributed by atoms with Crippen molar-refractivity contribution in [1.29, 1.82) is 0 Å². The van der Waals surface area contributed by atoms with Crippen molar-refractivity contribution in [3.63, 3.8) is 0 Å². The number of nitrogens with zero attached hydrogens (tertiary/aromatic N) is 3. The van der Waals surface area contributed by atoms with Gasteiger partial charge in [0.05, 0.1) is 17.7 Å². The molecule has 2 aromatic rings. The summed E-state index contributed by atoms with van der Waals surface area (Å²) in [6.45, 7) is 3.36. The SMILES string of the molecule is C=C/C(=N\C=C(/N)N1CCN(S(=O)(=O)c2ccc(OC(F)(F)F)cc2)[C@@H](C(=O)NCc2ccc(COC)cc2)C1)C(=O)O. The Balaban J connectivity index is 1.87. The molecule has 1 aliphatic rings. The summed E-state index contributed by atoms with van der Waals surface area (Å²) in [5, 5.41) is 11.8. The van der Waals surface area contributed by atoms with E-state index >= 15 is 0 Å². The third-order valence-corrected chi connectivity index (χ3v) is 8.13. The Hall–Kier alpha value is -4.41. The van der Waals surface area contributed by atoms with E-state index < -0.39 is 40.1 Å². The number of benzene rings is 2. The van der Waals surface area contributed by atoms with Gasteiger partial charge in [-0.3, -0.25) is 4.79 Å². The number of alkyl halides is 3. The average molecular weight is 626 g/mol. The minimum Gasteiger partial charge on any atom is -0.477 e. The summed E-state index contributed by atoms with van der Waals surface area (Å²) < 4.78 is 74.7. The standard InChI is InChI=1S/C27H30F3N5O7S/c1-3-22(26(37)38)32-15-24(31)34-12-13-35(43(39,40)21-10-8-20(9-11-21)42-27(28,29)30)23(16-34)25(36)33-14-18-4-6-19(7-5-18)17-41-2/h3-11,15,23H,1,12-14,16-17,31H2,2H3,(H,33,36)(H,37,38)/b24-15+,32-22+/t23-/m1/s1. The zero-order valence-electron chi connectivity index (χ0n) is 23.0. The number of carboxylic acid groups (broad SMARTS) is 1. The Morgan fingerprint density at radius 3 is 2.33 bits per heavy atom. The number of carbonyl (C=O) groups excluding carboxylic acids is 1. The van der Waals surface area contributed by atoms with Gasteiger partial charge < -0.3 is 30.5 Å². The van der Waals surface area contributed by atoms with Crippen LogP contribution in [0.5, 0.6) is 5.75 Å². The third-order valence-electron chi connectivity index (χ3n) is 6.21. The molecule has 1 fully saturated rings. The van der Waals surface area contributed by atoms with Crippen LogP contribution in [0.4, 0.5) is 13.2 Å². The lowest BCUT2D eigenvalue weighted by molar-refractivity contribution is -0.274. The molecule has 0 radical (unpaired) electrons. The van der Waals surface area contributed by atoms with E-state index in [-0.39, 0.29) is 42.6 Å². The molecular weight excluding hydrogens is 595 g/mol. The summed E-state index contributed by atoms with van der Waals surface area (Å²) >= 11 is 0. The Morgan fingerprint density at radius 1 is 1.14 bits per heavy atom. The number of amides is 1. The molecule has 0 unspecified atom stereocenters. The minimum atomic E-state index is -4.96. The molecule has 0 bridgehead atoms. The van der Waals surface area contributed by atoms with Crippen LogP contribution in [0, 0.1) is 0 Å². The smallest absolute Gasteiger partial charge is 0.477 e. The first kappa shape index (κ1) is 33.1. The molecule has 1 atom stereocenters. The fourth-order valence-electron chi connectivity index (χ4n) is 4.09. The molecule has 1 saturated heterocycles. The van der Waals surface area contributed by atoms with E-state index in [1.165, 1.54) is 4.90 Å². The van der Waals surface area contributed by atoms with Gasteiger partial charge in [0.25, 0.3) is 0 Å². The highest BCUT2D eigenvalue weighted by Gasteiger charge is 2.40. The van der Waals surface area contributed by atoms with Crippen molar-refractivity contribution in [1.82, 2.24) is 14.5 Å². The number of carboxylic acids is 1. The first-order valence-electron chi connectivity index (χ1n) is 12.6. The quantitative estimate of drug-likeness (QED) is 0.300. The number of nitrogens with two attached hydrogens (primary N) is 1. The van der Waals surface area contributed by atoms with Gasteiger partial charge in [0.2, 0.25) is 15.9 Å². The van der Waals surface area contributed by atoms with Crippen molar-refractivity contribution in [3.05, 3.63) is 84.3 Å². The molecular formula is C27H30F3N5O7S. The van der Waals surface area contributed by atoms with Crippen molar-refractivity contribution in [2.45, 2.75) is 30.5 Å². The maximum absolute atomic E-state index is 13.6. The van der Waals surface area contributed by atoms with Crippen LogP contribution < -0.4 is 15.8 Å². The number of aliphatic carboxylic acids is 1. The summed E-state index contributed by atoms with van der Waals surface area (Å²) in [6.07, 6.45) is -2.89. The van der Waals surface area contributed by atoms with Crippen LogP contribution in [0.25, 0.3) is 0 Å². The number of hydrogen-bond acceptors (Lipinski definition) is 9. The van der Waals surface area contributed by atoms with Gasteiger partial charge in [-0.15, -0.1) is 13.2 Å². The fraction of sp³-hybridized carbons (Fsp3) is 0.296. The normalized spacial score (nSPS) is 16.9. The highest BCUT2D eigenvalue weighted by molar-refractivity contribution is 7.89. The van der Waals surface area contributed by atoms with E-state index in [2.05, 4.69) is 21.6 Å². The first-order valence-corrected chi connectivity index (χ1v) is 14.1. The summed E-state index contributed by atoms with van der Waals surface area (Å²) in [5.41, 5.74) is 7.35. The third kappa shape index (κ3) is 9.04. The van der Waals surface area contributed by atoms with Crippen LogP contribution in [0.2, 0.25) is 0 Å². The van der Waals surface area contributed by atoms with Crippen LogP contribution in [0.1, 0.15) is 11.1 Å². The Bertz CT molecular complexity index is 1480. The molecule has 4 N–H and O–H groups in total. The number of sulfonamides is 1. The second-order valence-corrected chi connectivity index (χ2v) is 11.0. The summed E-state index contributed by atoms with van der Waals surface area (Å²) in [5.74, 6) is -2.65. The predicted octanol–water partition coefficient (Wildman–Crippen LogP) is 2.19. The highest BCUT2D eigenvalue weighted by atomic mass is 32.2. The van der Waals surface area contributed by atoms with E-state index in [1.807, 2.05) is 12.1 Å². The minimum absolute atomic E-state index is 0.00636. The molecule has 0 aromatic heterocycles. The lowest BCUT2D eigenvalue weighted by Crippen LogP contribution is -2.60. The van der Waals surface area contributed by atoms with E-state index in [4.69, 9.17) is 15.6 Å². The lowest BCUT2D eigenvalue weighted by Gasteiger charge is -2.40. The van der Waals surface area contributed by atoms with Crippen molar-refractivity contribution in [2.24, 2.45) is 10.7 Å². The molecule has 2 aromatic carbocycles. The average Bonchev–Trinajstić information content (AvgIpc) is 2.96. The molecule has 232 valence electrons. The van der Waals surface area contributed by atoms with Gasteiger partial charge in [-0.25, -0.2) is 18.2 Å². The monoisotopic (exact) mass is 625 g/mol. The van der Waals surface area contributed by atoms with Gasteiger partial charge in [-0.1, -0.05) is 30.8 Å². The van der Waals surface area contributed by atoms with Crippen LogP contribution in [-0.4, -0.2) is 79.5 Å². The summed E-state index contributed by atoms with van der Waals surface area (Å²) in [4.78, 5) is 29.5. The predicted molar refractivity (Wildman–Crippen MR) is 149 cm³/mol. The van der Waals surface area contributed by atoms with Crippen molar-refractivity contribution in [3.8, 4) is 5.75 Å². The van der Waals surface area contributed by atoms with Crippen LogP contribution in [-0.2, 0) is 37.5 Å². The number of ether oxygens (including phenoxy) is 2. The van der Waals surface area contributed by atoms with Gasteiger partial charge in [-0.2, -0.15) is 4.31 Å². The molecule has 1 heterocycles. The molecule has 43 heavy (non-hydrogen) atoms. The number of methoxy groups -OCH3 is 1. The molecule has 0 spiro atoms. The molecule has 12 nitrogen and oxygen atoms in total. The Kier molecular flexibility index (Phi) is 10.9. The summed E-state index contributed by atoms with van der Waals surface area (Å²) in [7, 11) is -2.82. The second-order valence-electron chi connectivity index (χ2n) is 9.14. The van der Waals surface area contributed by atoms with Crippen molar-refractivity contribution in [2.75, 3.05) is 26.7 Å². The number of nitrogens with one attached hydrogen (secondary N) is 1.